The lowest BCUT2D eigenvalue weighted by Gasteiger charge is -2.19. The van der Waals surface area contributed by atoms with Gasteiger partial charge >= 0.3 is 0 Å². The molecule has 6 heteroatoms. The van der Waals surface area contributed by atoms with Crippen LogP contribution in [0.3, 0.4) is 0 Å². The fourth-order valence-electron chi connectivity index (χ4n) is 1.14. The van der Waals surface area contributed by atoms with Crippen molar-refractivity contribution in [2.45, 2.75) is 4.90 Å². The highest BCUT2D eigenvalue weighted by Gasteiger charge is 2.21. The molecular weight excluding hydrogens is 214 g/mol. The van der Waals surface area contributed by atoms with Gasteiger partial charge in [-0.1, -0.05) is 0 Å². The van der Waals surface area contributed by atoms with E-state index in [-0.39, 0.29) is 4.90 Å². The van der Waals surface area contributed by atoms with Gasteiger partial charge in [0.2, 0.25) is 10.0 Å². The number of pyridine rings is 1. The quantitative estimate of drug-likeness (QED) is 0.752. The number of hydrogen-bond donors (Lipinski definition) is 0. The average molecular weight is 229 g/mol. The maximum atomic E-state index is 11.9. The summed E-state index contributed by atoms with van der Waals surface area (Å²) in [6.45, 7) is 0. The molecule has 15 heavy (non-hydrogen) atoms. The van der Waals surface area contributed by atoms with Crippen LogP contribution in [0.1, 0.15) is 0 Å². The predicted octanol–water partition coefficient (Wildman–Crippen LogP) is 0.398. The molecule has 1 rings (SSSR count). The molecule has 0 aliphatic heterocycles. The molecule has 0 saturated carbocycles. The van der Waals surface area contributed by atoms with Gasteiger partial charge in [0.15, 0.2) is 0 Å². The molecule has 0 spiro atoms. The SMILES string of the molecule is CN(C)c1ccncc1S(=O)(=O)N(C)C. The van der Waals surface area contributed by atoms with Gasteiger partial charge in [0.05, 0.1) is 5.69 Å². The van der Waals surface area contributed by atoms with Gasteiger partial charge in [0, 0.05) is 40.6 Å². The zero-order valence-corrected chi connectivity index (χ0v) is 10.1. The van der Waals surface area contributed by atoms with Crippen LogP contribution in [0.2, 0.25) is 0 Å². The lowest BCUT2D eigenvalue weighted by atomic mass is 10.4. The summed E-state index contributed by atoms with van der Waals surface area (Å²) in [6.07, 6.45) is 2.94. The number of sulfonamides is 1. The molecule has 0 atom stereocenters. The van der Waals surface area contributed by atoms with Gasteiger partial charge in [-0.3, -0.25) is 4.98 Å². The first-order valence-corrected chi connectivity index (χ1v) is 5.85. The van der Waals surface area contributed by atoms with Gasteiger partial charge in [0.1, 0.15) is 4.90 Å². The molecule has 0 unspecified atom stereocenters. The van der Waals surface area contributed by atoms with Crippen molar-refractivity contribution < 1.29 is 8.42 Å². The monoisotopic (exact) mass is 229 g/mol. The van der Waals surface area contributed by atoms with Crippen LogP contribution in [-0.2, 0) is 10.0 Å². The Morgan fingerprint density at radius 3 is 2.27 bits per heavy atom. The van der Waals surface area contributed by atoms with Gasteiger partial charge in [-0.05, 0) is 6.07 Å². The Labute approximate surface area is 90.4 Å². The Balaban J connectivity index is 3.38. The van der Waals surface area contributed by atoms with Gasteiger partial charge in [-0.25, -0.2) is 12.7 Å². The molecule has 0 radical (unpaired) electrons. The van der Waals surface area contributed by atoms with Crippen molar-refractivity contribution in [3.8, 4) is 0 Å². The number of aromatic nitrogens is 1. The third-order valence-electron chi connectivity index (χ3n) is 2.00. The number of nitrogens with zero attached hydrogens (tertiary/aromatic N) is 3. The molecule has 0 amide bonds. The Morgan fingerprint density at radius 2 is 1.80 bits per heavy atom. The maximum absolute atomic E-state index is 11.9. The molecule has 1 heterocycles. The van der Waals surface area contributed by atoms with E-state index in [0.29, 0.717) is 5.69 Å². The third kappa shape index (κ3) is 2.27. The molecule has 0 N–H and O–H groups in total. The Morgan fingerprint density at radius 1 is 1.20 bits per heavy atom. The third-order valence-corrected chi connectivity index (χ3v) is 3.83. The summed E-state index contributed by atoms with van der Waals surface area (Å²) in [5, 5.41) is 0. The van der Waals surface area contributed by atoms with Crippen molar-refractivity contribution in [1.29, 1.82) is 0 Å². The summed E-state index contributed by atoms with van der Waals surface area (Å²) in [6, 6.07) is 1.68. The van der Waals surface area contributed by atoms with Crippen molar-refractivity contribution in [3.05, 3.63) is 18.5 Å². The molecule has 0 bridgehead atoms. The van der Waals surface area contributed by atoms with E-state index >= 15 is 0 Å². The van der Waals surface area contributed by atoms with Gasteiger partial charge in [0.25, 0.3) is 0 Å². The number of anilines is 1. The first-order valence-electron chi connectivity index (χ1n) is 4.41. The fraction of sp³-hybridized carbons (Fsp3) is 0.444. The van der Waals surface area contributed by atoms with Gasteiger partial charge in [-0.2, -0.15) is 0 Å². The van der Waals surface area contributed by atoms with E-state index in [0.717, 1.165) is 0 Å². The summed E-state index contributed by atoms with van der Waals surface area (Å²) < 4.78 is 25.0. The summed E-state index contributed by atoms with van der Waals surface area (Å²) in [4.78, 5) is 5.81. The lowest BCUT2D eigenvalue weighted by molar-refractivity contribution is 0.520. The number of rotatable bonds is 3. The van der Waals surface area contributed by atoms with Crippen LogP contribution in [0.15, 0.2) is 23.4 Å². The molecule has 0 saturated heterocycles. The standard InChI is InChI=1S/C9H15N3O2S/c1-11(2)8-5-6-10-7-9(8)15(13,14)12(3)4/h5-7H,1-4H3. The van der Waals surface area contributed by atoms with Crippen molar-refractivity contribution in [1.82, 2.24) is 9.29 Å². The number of hydrogen-bond acceptors (Lipinski definition) is 4. The highest BCUT2D eigenvalue weighted by molar-refractivity contribution is 7.89. The summed E-state index contributed by atoms with van der Waals surface area (Å²) in [7, 11) is 3.17. The molecular formula is C9H15N3O2S. The summed E-state index contributed by atoms with van der Waals surface area (Å²) in [5.41, 5.74) is 0.638. The second-order valence-electron chi connectivity index (χ2n) is 3.53. The zero-order valence-electron chi connectivity index (χ0n) is 9.30. The average Bonchev–Trinajstić information content (AvgIpc) is 2.17. The second kappa shape index (κ2) is 4.16. The highest BCUT2D eigenvalue weighted by Crippen LogP contribution is 2.23. The van der Waals surface area contributed by atoms with E-state index in [1.807, 2.05) is 0 Å². The van der Waals surface area contributed by atoms with Crippen molar-refractivity contribution >= 4 is 15.7 Å². The molecule has 84 valence electrons. The van der Waals surface area contributed by atoms with E-state index in [1.54, 1.807) is 31.3 Å². The van der Waals surface area contributed by atoms with Crippen LogP contribution in [0.4, 0.5) is 5.69 Å². The van der Waals surface area contributed by atoms with E-state index in [2.05, 4.69) is 4.98 Å². The molecule has 0 fully saturated rings. The first-order chi connectivity index (χ1) is 6.87. The van der Waals surface area contributed by atoms with E-state index < -0.39 is 10.0 Å². The second-order valence-corrected chi connectivity index (χ2v) is 5.65. The van der Waals surface area contributed by atoms with Crippen LogP contribution < -0.4 is 4.90 Å². The highest BCUT2D eigenvalue weighted by atomic mass is 32.2. The van der Waals surface area contributed by atoms with Gasteiger partial charge < -0.3 is 4.90 Å². The molecule has 0 aliphatic carbocycles. The summed E-state index contributed by atoms with van der Waals surface area (Å²) in [5.74, 6) is 0. The van der Waals surface area contributed by atoms with Crippen LogP contribution in [0.5, 0.6) is 0 Å². The Hall–Kier alpha value is -1.14. The predicted molar refractivity (Wildman–Crippen MR) is 59.4 cm³/mol. The van der Waals surface area contributed by atoms with Crippen LogP contribution >= 0.6 is 0 Å². The minimum Gasteiger partial charge on any atom is -0.376 e. The molecule has 5 nitrogen and oxygen atoms in total. The van der Waals surface area contributed by atoms with Crippen molar-refractivity contribution in [3.63, 3.8) is 0 Å². The first kappa shape index (κ1) is 11.9. The molecule has 1 aromatic rings. The van der Waals surface area contributed by atoms with Crippen LogP contribution in [0.25, 0.3) is 0 Å². The molecule has 0 aliphatic rings. The van der Waals surface area contributed by atoms with E-state index in [9.17, 15) is 8.42 Å². The lowest BCUT2D eigenvalue weighted by Crippen LogP contribution is -2.25. The topological polar surface area (TPSA) is 53.5 Å². The fourth-order valence-corrected chi connectivity index (χ4v) is 2.24. The van der Waals surface area contributed by atoms with E-state index in [1.165, 1.54) is 24.6 Å². The van der Waals surface area contributed by atoms with Crippen LogP contribution in [-0.4, -0.2) is 45.9 Å². The van der Waals surface area contributed by atoms with Crippen molar-refractivity contribution in [2.24, 2.45) is 0 Å². The van der Waals surface area contributed by atoms with E-state index in [4.69, 9.17) is 0 Å². The van der Waals surface area contributed by atoms with Crippen LogP contribution in [0, 0.1) is 0 Å². The minimum absolute atomic E-state index is 0.222. The Kier molecular flexibility index (Phi) is 3.31. The maximum Gasteiger partial charge on any atom is 0.246 e. The molecule has 0 aromatic carbocycles. The Bertz CT molecular complexity index is 440. The summed E-state index contributed by atoms with van der Waals surface area (Å²) >= 11 is 0. The zero-order chi connectivity index (χ0) is 11.6. The largest absolute Gasteiger partial charge is 0.376 e. The normalized spacial score (nSPS) is 11.8. The molecule has 1 aromatic heterocycles. The van der Waals surface area contributed by atoms with Gasteiger partial charge in [-0.15, -0.1) is 0 Å². The van der Waals surface area contributed by atoms with Crippen molar-refractivity contribution in [2.75, 3.05) is 33.1 Å². The smallest absolute Gasteiger partial charge is 0.246 e. The minimum atomic E-state index is -3.42.